The average Bonchev–Trinajstić information content (AvgIpc) is 1.53. The fraction of sp³-hybridized carbons (Fsp3) is 0.645. The highest BCUT2D eigenvalue weighted by Gasteiger charge is 2.67. The number of alkyl halides is 2. The van der Waals surface area contributed by atoms with Crippen molar-refractivity contribution in [3.63, 3.8) is 0 Å². The zero-order valence-corrected chi connectivity index (χ0v) is 90.7. The predicted molar refractivity (Wildman–Crippen MR) is 551 cm³/mol. The lowest BCUT2D eigenvalue weighted by Gasteiger charge is -2.42. The third-order valence-corrected chi connectivity index (χ3v) is 40.2. The predicted octanol–water partition coefficient (Wildman–Crippen LogP) is 33.6. The first-order valence-electron chi connectivity index (χ1n) is 51.9. The van der Waals surface area contributed by atoms with Gasteiger partial charge in [0, 0.05) is 35.5 Å². The van der Waals surface area contributed by atoms with Gasteiger partial charge in [0.2, 0.25) is 11.7 Å². The Morgan fingerprint density at radius 1 is 0.276 bits per heavy atom. The largest absolute Gasteiger partial charge is 0.366 e. The average molecular weight is 1830 g/mol. The van der Waals surface area contributed by atoms with Crippen LogP contribution >= 0.6 is 0 Å². The van der Waals surface area contributed by atoms with Crippen LogP contribution < -0.4 is 0 Å². The lowest BCUT2D eigenvalue weighted by atomic mass is 9.62. The molecule has 22 unspecified atom stereocenters. The first-order valence-corrected chi connectivity index (χ1v) is 51.9. The van der Waals surface area contributed by atoms with E-state index in [0.29, 0.717) is 52.5 Å². The minimum Gasteiger partial charge on any atom is -0.366 e. The van der Waals surface area contributed by atoms with Gasteiger partial charge in [-0.05, 0) is 413 Å². The Kier molecular flexibility index (Phi) is 26.6. The van der Waals surface area contributed by atoms with Gasteiger partial charge in [0.25, 0.3) is 0 Å². The lowest BCUT2D eigenvalue weighted by molar-refractivity contribution is -0.167. The molecule has 22 atom stereocenters. The van der Waals surface area contributed by atoms with Crippen LogP contribution in [0.1, 0.15) is 424 Å². The van der Waals surface area contributed by atoms with Crippen molar-refractivity contribution < 1.29 is 46.7 Å². The summed E-state index contributed by atoms with van der Waals surface area (Å²) < 4.78 is 73.9. The van der Waals surface area contributed by atoms with Gasteiger partial charge in [-0.2, -0.15) is 0 Å². The molecular weight excluding hydrogens is 1660 g/mol. The van der Waals surface area contributed by atoms with Crippen LogP contribution in [-0.4, -0.2) is 81.4 Å². The quantitative estimate of drug-likeness (QED) is 0.206. The van der Waals surface area contributed by atoms with Crippen LogP contribution in [0.25, 0.3) is 0 Å². The molecule has 16 aliphatic heterocycles. The number of hydrogen-bond donors (Lipinski definition) is 0. The maximum absolute atomic E-state index is 13.5. The highest BCUT2D eigenvalue weighted by Crippen LogP contribution is 2.68. The van der Waals surface area contributed by atoms with Crippen LogP contribution in [-0.2, 0) is 48.7 Å². The minimum atomic E-state index is -1.79. The molecule has 0 N–H and O–H groups in total. The number of fused-ring (bicyclic) bond motifs is 31. The lowest BCUT2D eigenvalue weighted by Crippen LogP contribution is -2.44. The minimum absolute atomic E-state index is 0.0197. The maximum Gasteiger partial charge on any atom is 0.234 e. The Labute approximate surface area is 810 Å². The smallest absolute Gasteiger partial charge is 0.234 e. The third kappa shape index (κ3) is 16.1. The molecule has 0 spiro atoms. The van der Waals surface area contributed by atoms with E-state index in [1.54, 1.807) is 69.5 Å². The Morgan fingerprint density at radius 3 is 0.918 bits per heavy atom. The van der Waals surface area contributed by atoms with Crippen LogP contribution in [0, 0.1) is 33.5 Å². The van der Waals surface area contributed by atoms with E-state index in [0.717, 1.165) is 23.7 Å². The monoisotopic (exact) mass is 1830 g/mol. The van der Waals surface area contributed by atoms with Crippen LogP contribution in [0.3, 0.4) is 0 Å². The summed E-state index contributed by atoms with van der Waals surface area (Å²) in [5.41, 5.74) is 41.8. The second kappa shape index (κ2) is 34.9. The molecule has 16 heterocycles. The van der Waals surface area contributed by atoms with Crippen molar-refractivity contribution >= 4 is 0 Å². The summed E-state index contributed by atoms with van der Waals surface area (Å²) in [5.74, 6) is -0.454. The van der Waals surface area contributed by atoms with Gasteiger partial charge in [0.1, 0.15) is 12.2 Å². The maximum atomic E-state index is 13.5. The highest BCUT2D eigenvalue weighted by molar-refractivity contribution is 5.62. The SMILES string of the molecule is CC1=C(C)C2(C(C)(C)C)CCC1(C(C)(C)C)O2.CC1=C(C)C2(C(C)(C)C)CCC1(C)O2.CC1=C(C)C2(C(C)(C)C)CCC1O2.CC1=C(C)C2(C)CC1(C)c1ccccc12.CC1=C(C)C2(C)CCC1(C)O2.CC1=C(C)C2(F)CCC1(F)O2.CC1=C(C)C2C=CC1C2.CC1=C(C)C2C=CC1O2.CC1=C(C)C2CC1c1ccccc12.CC1=C(C)C2CCC1O2.CC1=C(C)C2OC1c1ccccc12. The number of halogens is 2. The van der Waals surface area contributed by atoms with Gasteiger partial charge in [-0.3, -0.25) is 0 Å². The van der Waals surface area contributed by atoms with Crippen molar-refractivity contribution in [2.24, 2.45) is 33.5 Å². The molecule has 732 valence electrons. The molecule has 8 nitrogen and oxygen atoms in total. The summed E-state index contributed by atoms with van der Waals surface area (Å²) in [6, 6.07) is 26.5. The van der Waals surface area contributed by atoms with Gasteiger partial charge in [0.15, 0.2) is 0 Å². The van der Waals surface area contributed by atoms with Gasteiger partial charge in [0.05, 0.1) is 69.7 Å². The van der Waals surface area contributed by atoms with Crippen LogP contribution in [0.2, 0.25) is 0 Å². The van der Waals surface area contributed by atoms with Gasteiger partial charge in [-0.1, -0.05) is 227 Å². The van der Waals surface area contributed by atoms with E-state index in [4.69, 9.17) is 33.2 Å². The molecule has 25 rings (SSSR count). The molecule has 6 aliphatic carbocycles. The zero-order chi connectivity index (χ0) is 98.6. The molecule has 3 aromatic rings. The standard InChI is InChI=1S/C16H28O.C15H18.C13H22O.C13H14.C12H12O.C12H20O.C10H16O.C9H12.C8H10F2O.C8H12O.C8H10O/c1-11-12(2)16(14(6,7)8)10-9-15(11,17-16)13(3,4)5;1-10-11(2)15(4)9-14(10,3)12-7-5-6-8-13(12)15;1-9-10(2)13(11(3,4)5)8-7-12(9,6)14-13;1-8-9(2)13-7-12(8)10-5-3-4-6-11(10)13;1-7-8(2)12-10-6-4-3-5-9(10)11(7)13-12;1-8-9(2)12(11(3,4)5)7-6-10(8)13-12;1-7-8(2)10(4)6-5-9(7,3)11-10;1-6-7(2)9-4-3-8(6)5-9;1-5-6(2)8(10)4-3-7(5,9)11-8;2*1-5-6(2)8-4-3-7(5)9-8/h9-10H2,1-8H3;5-8H,9H2,1-4H3;7-8H2,1-6H3;3-6,12-13H,7H2,1-2H3;3-6,11-12H,1-2H3;10H,6-7H2,1-5H3;5-6H2,1-4H3;3-4,8-9H,5H2,1-2H3;3-4H2,1-2H3;7-8H,3-4H2,1-2H3;3-4,7-8H,1-2H3. The first-order chi connectivity index (χ1) is 62.0. The van der Waals surface area contributed by atoms with Crippen LogP contribution in [0.5, 0.6) is 0 Å². The fourth-order valence-corrected chi connectivity index (χ4v) is 28.7. The molecule has 22 aliphatic rings. The van der Waals surface area contributed by atoms with Crippen molar-refractivity contribution in [3.8, 4) is 0 Å². The summed E-state index contributed by atoms with van der Waals surface area (Å²) in [6.07, 6.45) is 27.9. The van der Waals surface area contributed by atoms with Crippen molar-refractivity contribution in [3.05, 3.63) is 253 Å². The summed E-state index contributed by atoms with van der Waals surface area (Å²) in [6.45, 7) is 87.0. The zero-order valence-electron chi connectivity index (χ0n) is 90.7. The second-order valence-electron chi connectivity index (χ2n) is 50.2. The number of rotatable bonds is 0. The molecule has 0 radical (unpaired) electrons. The van der Waals surface area contributed by atoms with E-state index >= 15 is 0 Å². The Morgan fingerprint density at radius 2 is 0.634 bits per heavy atom. The molecule has 134 heavy (non-hydrogen) atoms. The summed E-state index contributed by atoms with van der Waals surface area (Å²) in [4.78, 5) is 0. The second-order valence-corrected chi connectivity index (χ2v) is 50.2. The van der Waals surface area contributed by atoms with E-state index in [2.05, 4.69) is 358 Å². The van der Waals surface area contributed by atoms with E-state index in [9.17, 15) is 8.78 Å². The van der Waals surface area contributed by atoms with Crippen molar-refractivity contribution in [2.45, 2.75) is 483 Å². The van der Waals surface area contributed by atoms with Gasteiger partial charge < -0.3 is 37.9 Å². The normalized spacial score (nSPS) is 39.0. The van der Waals surface area contributed by atoms with Crippen molar-refractivity contribution in [2.75, 3.05) is 0 Å². The molecule has 3 aromatic carbocycles. The van der Waals surface area contributed by atoms with Gasteiger partial charge in [-0.15, -0.1) is 0 Å². The molecule has 0 saturated carbocycles. The Hall–Kier alpha value is -6.18. The Balaban J connectivity index is 0.000000113. The van der Waals surface area contributed by atoms with E-state index in [-0.39, 0.29) is 85.9 Å². The van der Waals surface area contributed by atoms with Crippen molar-refractivity contribution in [1.29, 1.82) is 0 Å². The molecule has 10 heteroatoms. The number of ether oxygens (including phenoxy) is 8. The first kappa shape index (κ1) is 102. The van der Waals surface area contributed by atoms with E-state index < -0.39 is 11.7 Å². The number of hydrogen-bond acceptors (Lipinski definition) is 8. The van der Waals surface area contributed by atoms with E-state index in [1.165, 1.54) is 173 Å². The number of benzene rings is 3. The topological polar surface area (TPSA) is 73.8 Å². The summed E-state index contributed by atoms with van der Waals surface area (Å²) in [7, 11) is 0. The molecular formula is C124H174F2O8. The van der Waals surface area contributed by atoms with E-state index in [1.807, 2.05) is 0 Å². The molecule has 22 bridgehead atoms. The fourth-order valence-electron chi connectivity index (χ4n) is 28.7. The third-order valence-electron chi connectivity index (χ3n) is 40.2. The molecule has 6 saturated heterocycles. The van der Waals surface area contributed by atoms with Crippen LogP contribution in [0.4, 0.5) is 8.78 Å². The summed E-state index contributed by atoms with van der Waals surface area (Å²) in [5, 5.41) is 0. The molecule has 0 aromatic heterocycles. The van der Waals surface area contributed by atoms with Crippen LogP contribution in [0.15, 0.2) is 220 Å². The Bertz CT molecular complexity index is 5190. The molecule has 0 amide bonds. The van der Waals surface area contributed by atoms with Crippen molar-refractivity contribution in [1.82, 2.24) is 0 Å². The number of allylic oxidation sites excluding steroid dienone is 8. The van der Waals surface area contributed by atoms with Gasteiger partial charge >= 0.3 is 0 Å². The van der Waals surface area contributed by atoms with Gasteiger partial charge in [-0.25, -0.2) is 8.78 Å². The molecule has 6 fully saturated rings. The highest BCUT2D eigenvalue weighted by atomic mass is 19.2. The summed E-state index contributed by atoms with van der Waals surface area (Å²) >= 11 is 0.